The van der Waals surface area contributed by atoms with Crippen molar-refractivity contribution in [3.8, 4) is 0 Å². The standard InChI is InChI=1S/C20H25FN6O3/c1-14(2)11-23-7-9-24(10-8-23)18(28)13-26-19(29)22-17-12-25(20(30)27(17)26)16-5-3-15(21)4-6-16/h3-6,14H,7-13H2,1-2H3. The van der Waals surface area contributed by atoms with Crippen molar-refractivity contribution in [2.24, 2.45) is 5.92 Å². The highest BCUT2D eigenvalue weighted by molar-refractivity contribution is 5.95. The van der Waals surface area contributed by atoms with Gasteiger partial charge in [0, 0.05) is 38.4 Å². The first-order valence-corrected chi connectivity index (χ1v) is 10.1. The zero-order valence-electron chi connectivity index (χ0n) is 17.1. The van der Waals surface area contributed by atoms with Crippen molar-refractivity contribution < 1.29 is 14.0 Å². The maximum absolute atomic E-state index is 13.2. The third-order valence-corrected chi connectivity index (χ3v) is 5.41. The first kappa shape index (κ1) is 20.3. The Balaban J connectivity index is 1.46. The van der Waals surface area contributed by atoms with Gasteiger partial charge < -0.3 is 4.90 Å². The number of halogens is 1. The van der Waals surface area contributed by atoms with Crippen LogP contribution in [-0.2, 0) is 17.9 Å². The van der Waals surface area contributed by atoms with Crippen LogP contribution in [-0.4, -0.2) is 68.8 Å². The molecule has 0 spiro atoms. The fourth-order valence-corrected chi connectivity index (χ4v) is 3.97. The fourth-order valence-electron chi connectivity index (χ4n) is 3.97. The lowest BCUT2D eigenvalue weighted by atomic mass is 10.2. The van der Waals surface area contributed by atoms with Crippen LogP contribution in [0, 0.1) is 11.7 Å². The lowest BCUT2D eigenvalue weighted by molar-refractivity contribution is -0.134. The number of hydrogen-bond acceptors (Lipinski definition) is 5. The number of amides is 2. The molecule has 0 N–H and O–H groups in total. The van der Waals surface area contributed by atoms with Gasteiger partial charge in [-0.1, -0.05) is 13.8 Å². The van der Waals surface area contributed by atoms with Gasteiger partial charge in [0.1, 0.15) is 12.4 Å². The van der Waals surface area contributed by atoms with Crippen molar-refractivity contribution in [1.82, 2.24) is 24.1 Å². The Hall–Kier alpha value is -3.01. The van der Waals surface area contributed by atoms with Gasteiger partial charge in [0.05, 0.1) is 6.54 Å². The van der Waals surface area contributed by atoms with Crippen LogP contribution in [0.15, 0.2) is 29.1 Å². The number of carbonyl (C=O) groups is 2. The predicted molar refractivity (Wildman–Crippen MR) is 108 cm³/mol. The highest BCUT2D eigenvalue weighted by Crippen LogP contribution is 2.23. The Labute approximate surface area is 173 Å². The summed E-state index contributed by atoms with van der Waals surface area (Å²) in [5.41, 5.74) is -0.123. The summed E-state index contributed by atoms with van der Waals surface area (Å²) >= 11 is 0. The Kier molecular flexibility index (Phi) is 5.42. The van der Waals surface area contributed by atoms with E-state index < -0.39 is 17.5 Å². The van der Waals surface area contributed by atoms with Gasteiger partial charge in [0.15, 0.2) is 5.82 Å². The van der Waals surface area contributed by atoms with Gasteiger partial charge in [-0.2, -0.15) is 9.67 Å². The number of hydrogen-bond donors (Lipinski definition) is 0. The zero-order valence-corrected chi connectivity index (χ0v) is 17.1. The first-order chi connectivity index (χ1) is 14.3. The predicted octanol–water partition coefficient (Wildman–Crippen LogP) is 0.972. The normalized spacial score (nSPS) is 17.1. The van der Waals surface area contributed by atoms with Crippen LogP contribution in [0.2, 0.25) is 0 Å². The Morgan fingerprint density at radius 1 is 1.10 bits per heavy atom. The lowest BCUT2D eigenvalue weighted by Crippen LogP contribution is -2.51. The highest BCUT2D eigenvalue weighted by atomic mass is 19.1. The van der Waals surface area contributed by atoms with E-state index in [2.05, 4.69) is 23.7 Å². The number of anilines is 1. The van der Waals surface area contributed by atoms with E-state index in [1.165, 1.54) is 29.2 Å². The second-order valence-electron chi connectivity index (χ2n) is 8.10. The third-order valence-electron chi connectivity index (χ3n) is 5.41. The summed E-state index contributed by atoms with van der Waals surface area (Å²) in [7, 11) is 0. The van der Waals surface area contributed by atoms with E-state index in [4.69, 9.17) is 0 Å². The number of rotatable bonds is 5. The summed E-state index contributed by atoms with van der Waals surface area (Å²) in [5, 5.41) is 0. The lowest BCUT2D eigenvalue weighted by Gasteiger charge is -2.35. The van der Waals surface area contributed by atoms with Crippen LogP contribution in [0.25, 0.3) is 0 Å². The highest BCUT2D eigenvalue weighted by Gasteiger charge is 2.34. The average molecular weight is 416 g/mol. The van der Waals surface area contributed by atoms with E-state index in [-0.39, 0.29) is 24.8 Å². The van der Waals surface area contributed by atoms with E-state index in [0.717, 1.165) is 29.0 Å². The van der Waals surface area contributed by atoms with Crippen molar-refractivity contribution in [2.75, 3.05) is 37.6 Å². The molecule has 160 valence electrons. The van der Waals surface area contributed by atoms with Crippen LogP contribution in [0.3, 0.4) is 0 Å². The molecule has 1 fully saturated rings. The van der Waals surface area contributed by atoms with Gasteiger partial charge in [-0.05, 0) is 30.2 Å². The summed E-state index contributed by atoms with van der Waals surface area (Å²) in [4.78, 5) is 47.3. The number of piperazine rings is 1. The molecule has 3 heterocycles. The van der Waals surface area contributed by atoms with Gasteiger partial charge in [-0.25, -0.2) is 18.7 Å². The fraction of sp³-hybridized carbons (Fsp3) is 0.500. The van der Waals surface area contributed by atoms with E-state index in [0.29, 0.717) is 24.7 Å². The molecule has 2 aliphatic heterocycles. The molecule has 2 amide bonds. The number of benzene rings is 1. The monoisotopic (exact) mass is 416 g/mol. The van der Waals surface area contributed by atoms with E-state index >= 15 is 0 Å². The van der Waals surface area contributed by atoms with Crippen molar-refractivity contribution in [3.63, 3.8) is 0 Å². The average Bonchev–Trinajstić information content (AvgIpc) is 3.18. The van der Waals surface area contributed by atoms with Gasteiger partial charge in [-0.3, -0.25) is 14.6 Å². The molecule has 0 aliphatic carbocycles. The van der Waals surface area contributed by atoms with Crippen LogP contribution in [0.4, 0.5) is 14.9 Å². The number of nitrogens with zero attached hydrogens (tertiary/aromatic N) is 6. The van der Waals surface area contributed by atoms with E-state index in [9.17, 15) is 18.8 Å². The molecule has 0 bridgehead atoms. The molecule has 10 heteroatoms. The Morgan fingerprint density at radius 2 is 1.77 bits per heavy atom. The number of fused-ring (bicyclic) bond motifs is 1. The largest absolute Gasteiger partial charge is 0.365 e. The smallest absolute Gasteiger partial charge is 0.339 e. The van der Waals surface area contributed by atoms with Gasteiger partial charge in [0.2, 0.25) is 5.91 Å². The minimum Gasteiger partial charge on any atom is -0.339 e. The van der Waals surface area contributed by atoms with Crippen molar-refractivity contribution in [3.05, 3.63) is 46.4 Å². The summed E-state index contributed by atoms with van der Waals surface area (Å²) in [6.45, 7) is 7.95. The summed E-state index contributed by atoms with van der Waals surface area (Å²) < 4.78 is 15.4. The summed E-state index contributed by atoms with van der Waals surface area (Å²) in [5.74, 6) is 0.218. The first-order valence-electron chi connectivity index (χ1n) is 10.1. The zero-order chi connectivity index (χ0) is 21.4. The Morgan fingerprint density at radius 3 is 2.40 bits per heavy atom. The molecule has 9 nitrogen and oxygen atoms in total. The Bertz CT molecular complexity index is 1000. The quantitative estimate of drug-likeness (QED) is 0.725. The molecule has 1 saturated heterocycles. The maximum atomic E-state index is 13.2. The van der Waals surface area contributed by atoms with Crippen LogP contribution >= 0.6 is 0 Å². The molecule has 0 radical (unpaired) electrons. The summed E-state index contributed by atoms with van der Waals surface area (Å²) in [6, 6.07) is 5.02. The minimum absolute atomic E-state index is 0.0920. The maximum Gasteiger partial charge on any atom is 0.365 e. The van der Waals surface area contributed by atoms with Crippen LogP contribution in [0.1, 0.15) is 19.7 Å². The molecule has 30 heavy (non-hydrogen) atoms. The molecule has 0 saturated carbocycles. The van der Waals surface area contributed by atoms with Crippen molar-refractivity contribution in [1.29, 1.82) is 0 Å². The molecule has 0 unspecified atom stereocenters. The second-order valence-corrected chi connectivity index (χ2v) is 8.10. The third kappa shape index (κ3) is 3.87. The minimum atomic E-state index is -0.621. The van der Waals surface area contributed by atoms with E-state index in [1.807, 2.05) is 0 Å². The van der Waals surface area contributed by atoms with Crippen molar-refractivity contribution >= 4 is 17.6 Å². The van der Waals surface area contributed by atoms with Crippen molar-refractivity contribution in [2.45, 2.75) is 26.9 Å². The topological polar surface area (TPSA) is 83.7 Å². The molecule has 1 aromatic carbocycles. The van der Waals surface area contributed by atoms with Crippen LogP contribution < -0.4 is 10.6 Å². The number of carbonyl (C=O) groups excluding carboxylic acids is 2. The second kappa shape index (κ2) is 8.02. The molecular formula is C20H25FN6O3. The molecule has 1 aromatic heterocycles. The van der Waals surface area contributed by atoms with Gasteiger partial charge in [0.25, 0.3) is 0 Å². The van der Waals surface area contributed by atoms with E-state index in [1.54, 1.807) is 4.90 Å². The van der Waals surface area contributed by atoms with Gasteiger partial charge in [-0.15, -0.1) is 0 Å². The number of aromatic nitrogens is 3. The SMILES string of the molecule is CC(C)CN1CCN(C(=O)Cn2c(=O)nc3n2C(=O)N(c2ccc(F)cc2)C3)CC1. The summed E-state index contributed by atoms with van der Waals surface area (Å²) in [6.07, 6.45) is 0. The molecule has 2 aliphatic rings. The van der Waals surface area contributed by atoms with Gasteiger partial charge >= 0.3 is 11.7 Å². The molecular weight excluding hydrogens is 391 g/mol. The molecule has 4 rings (SSSR count). The molecule has 2 aromatic rings. The molecule has 0 atom stereocenters. The van der Waals surface area contributed by atoms with Crippen LogP contribution in [0.5, 0.6) is 0 Å².